The van der Waals surface area contributed by atoms with Gasteiger partial charge in [0.15, 0.2) is 0 Å². The van der Waals surface area contributed by atoms with E-state index in [4.69, 9.17) is 23.2 Å². The summed E-state index contributed by atoms with van der Waals surface area (Å²) in [4.78, 5) is 26.3. The molecule has 1 aromatic heterocycles. The van der Waals surface area contributed by atoms with E-state index in [0.717, 1.165) is 29.7 Å². The molecule has 1 saturated heterocycles. The van der Waals surface area contributed by atoms with Crippen molar-refractivity contribution < 1.29 is 4.79 Å². The van der Waals surface area contributed by atoms with Crippen molar-refractivity contribution >= 4 is 34.8 Å². The quantitative estimate of drug-likeness (QED) is 0.589. The van der Waals surface area contributed by atoms with Crippen molar-refractivity contribution in [3.05, 3.63) is 85.8 Å². The third-order valence-corrected chi connectivity index (χ3v) is 6.14. The number of aromatic nitrogens is 2. The summed E-state index contributed by atoms with van der Waals surface area (Å²) in [6.45, 7) is 3.85. The van der Waals surface area contributed by atoms with Gasteiger partial charge in [0.25, 0.3) is 5.56 Å². The standard InChI is InChI=1S/C23H22Cl2N4O2/c1-15-4-9-18(11-19(15)24)29-23(31)22(25)20(13-27-29)26-12-16-5-7-17(8-6-16)14-28-10-2-3-21(28)30/h4-9,11,13,26H,2-3,10,12,14H2,1H3. The maximum Gasteiger partial charge on any atom is 0.292 e. The molecule has 160 valence electrons. The van der Waals surface area contributed by atoms with Gasteiger partial charge in [0.1, 0.15) is 5.02 Å². The number of aryl methyl sites for hydroxylation is 1. The number of carbonyl (C=O) groups is 1. The van der Waals surface area contributed by atoms with Crippen molar-refractivity contribution in [2.45, 2.75) is 32.9 Å². The SMILES string of the molecule is Cc1ccc(-n2ncc(NCc3ccc(CN4CCCC4=O)cc3)c(Cl)c2=O)cc1Cl. The first-order chi connectivity index (χ1) is 14.9. The Labute approximate surface area is 190 Å². The number of amides is 1. The van der Waals surface area contributed by atoms with Crippen LogP contribution in [0.2, 0.25) is 10.0 Å². The Bertz CT molecular complexity index is 1180. The Morgan fingerprint density at radius 3 is 2.48 bits per heavy atom. The number of hydrogen-bond acceptors (Lipinski definition) is 4. The average Bonchev–Trinajstić information content (AvgIpc) is 3.17. The highest BCUT2D eigenvalue weighted by Gasteiger charge is 2.19. The molecule has 0 atom stereocenters. The van der Waals surface area contributed by atoms with E-state index in [-0.39, 0.29) is 10.9 Å². The minimum Gasteiger partial charge on any atom is -0.378 e. The maximum atomic E-state index is 12.7. The number of halogens is 2. The third kappa shape index (κ3) is 4.75. The lowest BCUT2D eigenvalue weighted by Crippen LogP contribution is -2.23. The van der Waals surface area contributed by atoms with Crippen LogP contribution in [0.5, 0.6) is 0 Å². The molecule has 8 heteroatoms. The van der Waals surface area contributed by atoms with E-state index in [1.165, 1.54) is 10.9 Å². The molecule has 0 spiro atoms. The molecule has 0 saturated carbocycles. The van der Waals surface area contributed by atoms with Crippen LogP contribution in [-0.4, -0.2) is 27.1 Å². The van der Waals surface area contributed by atoms with E-state index in [2.05, 4.69) is 10.4 Å². The predicted molar refractivity (Wildman–Crippen MR) is 123 cm³/mol. The highest BCUT2D eigenvalue weighted by atomic mass is 35.5. The number of anilines is 1. The highest BCUT2D eigenvalue weighted by Crippen LogP contribution is 2.21. The van der Waals surface area contributed by atoms with Gasteiger partial charge in [0.05, 0.1) is 17.6 Å². The molecule has 1 amide bonds. The first-order valence-electron chi connectivity index (χ1n) is 10.1. The van der Waals surface area contributed by atoms with Gasteiger partial charge in [0.2, 0.25) is 5.91 Å². The van der Waals surface area contributed by atoms with Gasteiger partial charge >= 0.3 is 0 Å². The Balaban J connectivity index is 1.44. The molecule has 1 aliphatic heterocycles. The molecule has 31 heavy (non-hydrogen) atoms. The molecule has 2 heterocycles. The Hall–Kier alpha value is -2.83. The lowest BCUT2D eigenvalue weighted by atomic mass is 10.1. The molecule has 1 N–H and O–H groups in total. The summed E-state index contributed by atoms with van der Waals surface area (Å²) in [5.41, 5.74) is 3.65. The minimum atomic E-state index is -0.419. The maximum absolute atomic E-state index is 12.7. The van der Waals surface area contributed by atoms with Crippen LogP contribution < -0.4 is 10.9 Å². The van der Waals surface area contributed by atoms with Crippen LogP contribution in [0.25, 0.3) is 5.69 Å². The van der Waals surface area contributed by atoms with E-state index in [9.17, 15) is 9.59 Å². The van der Waals surface area contributed by atoms with Crippen molar-refractivity contribution in [3.8, 4) is 5.69 Å². The van der Waals surface area contributed by atoms with Crippen LogP contribution in [0.15, 0.2) is 53.5 Å². The summed E-state index contributed by atoms with van der Waals surface area (Å²) in [5.74, 6) is 0.218. The fraction of sp³-hybridized carbons (Fsp3) is 0.261. The van der Waals surface area contributed by atoms with Gasteiger partial charge in [0, 0.05) is 31.1 Å². The third-order valence-electron chi connectivity index (χ3n) is 5.37. The summed E-state index contributed by atoms with van der Waals surface area (Å²) in [5, 5.41) is 8.03. The molecular formula is C23H22Cl2N4O2. The first kappa shape index (κ1) is 21.4. The van der Waals surface area contributed by atoms with Crippen LogP contribution in [-0.2, 0) is 17.9 Å². The summed E-state index contributed by atoms with van der Waals surface area (Å²) >= 11 is 12.5. The second kappa shape index (κ2) is 9.12. The zero-order chi connectivity index (χ0) is 22.0. The van der Waals surface area contributed by atoms with Crippen LogP contribution in [0, 0.1) is 6.92 Å². The highest BCUT2D eigenvalue weighted by molar-refractivity contribution is 6.33. The molecular weight excluding hydrogens is 435 g/mol. The molecule has 1 aliphatic rings. The van der Waals surface area contributed by atoms with Crippen LogP contribution >= 0.6 is 23.2 Å². The largest absolute Gasteiger partial charge is 0.378 e. The number of nitrogens with one attached hydrogen (secondary N) is 1. The number of benzene rings is 2. The Morgan fingerprint density at radius 2 is 1.81 bits per heavy atom. The second-order valence-electron chi connectivity index (χ2n) is 7.61. The second-order valence-corrected chi connectivity index (χ2v) is 8.40. The number of hydrogen-bond donors (Lipinski definition) is 1. The van der Waals surface area contributed by atoms with Crippen molar-refractivity contribution in [1.29, 1.82) is 0 Å². The number of nitrogens with zero attached hydrogens (tertiary/aromatic N) is 3. The zero-order valence-electron chi connectivity index (χ0n) is 17.1. The summed E-state index contributed by atoms with van der Waals surface area (Å²) in [7, 11) is 0. The van der Waals surface area contributed by atoms with Crippen LogP contribution in [0.1, 0.15) is 29.5 Å². The fourth-order valence-electron chi connectivity index (χ4n) is 3.50. The zero-order valence-corrected chi connectivity index (χ0v) is 18.6. The van der Waals surface area contributed by atoms with E-state index >= 15 is 0 Å². The van der Waals surface area contributed by atoms with Gasteiger partial charge in [-0.25, -0.2) is 0 Å². The lowest BCUT2D eigenvalue weighted by molar-refractivity contribution is -0.128. The molecule has 0 bridgehead atoms. The van der Waals surface area contributed by atoms with Crippen molar-refractivity contribution in [3.63, 3.8) is 0 Å². The molecule has 0 unspecified atom stereocenters. The van der Waals surface area contributed by atoms with Gasteiger partial charge in [-0.1, -0.05) is 53.5 Å². The van der Waals surface area contributed by atoms with E-state index in [1.807, 2.05) is 42.2 Å². The van der Waals surface area contributed by atoms with Gasteiger partial charge in [-0.15, -0.1) is 0 Å². The van der Waals surface area contributed by atoms with Crippen LogP contribution in [0.4, 0.5) is 5.69 Å². The van der Waals surface area contributed by atoms with Crippen molar-refractivity contribution in [1.82, 2.24) is 14.7 Å². The summed E-state index contributed by atoms with van der Waals surface area (Å²) in [6, 6.07) is 13.3. The van der Waals surface area contributed by atoms with Crippen LogP contribution in [0.3, 0.4) is 0 Å². The summed E-state index contributed by atoms with van der Waals surface area (Å²) in [6.07, 6.45) is 3.11. The minimum absolute atomic E-state index is 0.0656. The molecule has 6 nitrogen and oxygen atoms in total. The van der Waals surface area contributed by atoms with Gasteiger partial charge < -0.3 is 10.2 Å². The monoisotopic (exact) mass is 456 g/mol. The van der Waals surface area contributed by atoms with Gasteiger partial charge in [-0.05, 0) is 42.2 Å². The lowest BCUT2D eigenvalue weighted by Gasteiger charge is -2.16. The normalized spacial score (nSPS) is 13.6. The Morgan fingerprint density at radius 1 is 1.06 bits per heavy atom. The fourth-order valence-corrected chi connectivity index (χ4v) is 3.88. The molecule has 0 aliphatic carbocycles. The smallest absolute Gasteiger partial charge is 0.292 e. The van der Waals surface area contributed by atoms with E-state index in [0.29, 0.717) is 35.9 Å². The first-order valence-corrected chi connectivity index (χ1v) is 10.8. The van der Waals surface area contributed by atoms with Gasteiger partial charge in [-0.2, -0.15) is 9.78 Å². The predicted octanol–water partition coefficient (Wildman–Crippen LogP) is 4.58. The molecule has 3 aromatic rings. The number of rotatable bonds is 6. The summed E-state index contributed by atoms with van der Waals surface area (Å²) < 4.78 is 1.23. The molecule has 2 aromatic carbocycles. The number of carbonyl (C=O) groups excluding carboxylic acids is 1. The van der Waals surface area contributed by atoms with Crippen molar-refractivity contribution in [2.75, 3.05) is 11.9 Å². The van der Waals surface area contributed by atoms with Gasteiger partial charge in [-0.3, -0.25) is 9.59 Å². The Kier molecular flexibility index (Phi) is 6.30. The van der Waals surface area contributed by atoms with Crippen molar-refractivity contribution in [2.24, 2.45) is 0 Å². The molecule has 1 fully saturated rings. The average molecular weight is 457 g/mol. The molecule has 4 rings (SSSR count). The molecule has 0 radical (unpaired) electrons. The van der Waals surface area contributed by atoms with E-state index in [1.54, 1.807) is 12.1 Å². The topological polar surface area (TPSA) is 67.2 Å². The number of likely N-dealkylation sites (tertiary alicyclic amines) is 1. The van der Waals surface area contributed by atoms with E-state index < -0.39 is 5.56 Å².